The van der Waals surface area contributed by atoms with Gasteiger partial charge in [0, 0.05) is 0 Å². The maximum atomic E-state index is 10.9. The molecule has 0 bridgehead atoms. The van der Waals surface area contributed by atoms with E-state index in [1.54, 1.807) is 0 Å². The lowest BCUT2D eigenvalue weighted by Gasteiger charge is -2.23. The summed E-state index contributed by atoms with van der Waals surface area (Å²) in [6, 6.07) is 0. The average Bonchev–Trinajstić information content (AvgIpc) is 2.01. The van der Waals surface area contributed by atoms with Gasteiger partial charge in [-0.25, -0.2) is 0 Å². The third kappa shape index (κ3) is 6.30. The minimum Gasteiger partial charge on any atom is -0.347 e. The Hall–Kier alpha value is -0.880. The maximum absolute atomic E-state index is 10.9. The van der Waals surface area contributed by atoms with Gasteiger partial charge in [-0.05, 0) is 19.9 Å². The van der Waals surface area contributed by atoms with Crippen molar-refractivity contribution in [1.82, 2.24) is 5.32 Å². The molecule has 0 aromatic heterocycles. The van der Waals surface area contributed by atoms with Crippen LogP contribution in [0.3, 0.4) is 0 Å². The Kier molecular flexibility index (Phi) is 3.05. The second-order valence-corrected chi connectivity index (χ2v) is 4.68. The normalized spacial score (nSPS) is 13.2. The smallest absolute Gasteiger partial charge is 0.267 e. The third-order valence-corrected chi connectivity index (χ3v) is 2.26. The molecule has 0 aromatic rings. The Morgan fingerprint density at radius 1 is 1.77 bits per heavy atom. The van der Waals surface area contributed by atoms with Crippen molar-refractivity contribution < 1.29 is 17.8 Å². The number of nitrogens with one attached hydrogen (secondary N) is 1. The second kappa shape index (κ2) is 3.89. The summed E-state index contributed by atoms with van der Waals surface area (Å²) in [5.41, 5.74) is -0.995. The van der Waals surface area contributed by atoms with Gasteiger partial charge in [-0.1, -0.05) is 6.58 Å². The summed E-state index contributed by atoms with van der Waals surface area (Å²) >= 11 is 0. The Balaban J connectivity index is 4.49. The van der Waals surface area contributed by atoms with Crippen molar-refractivity contribution in [3.63, 3.8) is 0 Å². The fourth-order valence-electron chi connectivity index (χ4n) is 0.863. The Bertz CT molecular complexity index is 323. The Labute approximate surface area is 79.1 Å². The van der Waals surface area contributed by atoms with E-state index in [2.05, 4.69) is 16.5 Å². The van der Waals surface area contributed by atoms with Crippen molar-refractivity contribution in [2.24, 2.45) is 0 Å². The molecular weight excluding hydrogens is 194 g/mol. The van der Waals surface area contributed by atoms with Gasteiger partial charge in [0.05, 0.1) is 11.3 Å². The predicted molar refractivity (Wildman–Crippen MR) is 48.8 cm³/mol. The van der Waals surface area contributed by atoms with E-state index in [0.29, 0.717) is 0 Å². The lowest BCUT2D eigenvalue weighted by atomic mass is 10.1. The topological polar surface area (TPSA) is 83.5 Å². The summed E-state index contributed by atoms with van der Waals surface area (Å²) in [5, 5.41) is 2.40. The first-order chi connectivity index (χ1) is 6.22. The fraction of sp³-hybridized carbons (Fsp3) is 0.571. The van der Waals surface area contributed by atoms with Crippen LogP contribution in [0.25, 0.3) is 1.43 Å². The lowest BCUT2D eigenvalue weighted by molar-refractivity contribution is -0.117. The number of carbonyl (C=O) groups excluding carboxylic acids is 1. The molecule has 5 nitrogen and oxygen atoms in total. The molecule has 0 unspecified atom stereocenters. The van der Waals surface area contributed by atoms with E-state index >= 15 is 0 Å². The number of hydrogen-bond donors (Lipinski definition) is 2. The van der Waals surface area contributed by atoms with Gasteiger partial charge in [-0.2, -0.15) is 8.42 Å². The Morgan fingerprint density at radius 3 is 2.69 bits per heavy atom. The molecule has 0 saturated carbocycles. The summed E-state index contributed by atoms with van der Waals surface area (Å²) in [5.74, 6) is -0.946. The van der Waals surface area contributed by atoms with Gasteiger partial charge in [-0.3, -0.25) is 9.35 Å². The predicted octanol–water partition coefficient (Wildman–Crippen LogP) is -0.0450. The van der Waals surface area contributed by atoms with E-state index in [-0.39, 0.29) is 0 Å². The second-order valence-electron chi connectivity index (χ2n) is 3.28. The molecule has 0 aromatic carbocycles. The summed E-state index contributed by atoms with van der Waals surface area (Å²) < 4.78 is 31.6. The van der Waals surface area contributed by atoms with E-state index in [1.807, 2.05) is 0 Å². The quantitative estimate of drug-likeness (QED) is 0.490. The van der Waals surface area contributed by atoms with Gasteiger partial charge in [0.15, 0.2) is 0 Å². The molecule has 0 aliphatic carbocycles. The number of carbonyl (C=O) groups is 1. The zero-order valence-corrected chi connectivity index (χ0v) is 8.35. The molecule has 76 valence electrons. The van der Waals surface area contributed by atoms with Crippen LogP contribution >= 0.6 is 0 Å². The minimum atomic E-state index is -3.91. The molecule has 13 heavy (non-hydrogen) atoms. The summed E-state index contributed by atoms with van der Waals surface area (Å²) in [6.45, 7) is 6.24. The van der Waals surface area contributed by atoms with E-state index < -0.39 is 27.3 Å². The van der Waals surface area contributed by atoms with Crippen LogP contribution in [-0.4, -0.2) is 30.2 Å². The molecule has 0 atom stereocenters. The van der Waals surface area contributed by atoms with Crippen LogP contribution in [0.1, 0.15) is 13.8 Å². The minimum absolute atomic E-state index is 0.469. The largest absolute Gasteiger partial charge is 0.347 e. The molecule has 0 rings (SSSR count). The highest BCUT2D eigenvalue weighted by Gasteiger charge is 2.25. The van der Waals surface area contributed by atoms with Crippen LogP contribution in [0.2, 0.25) is 0 Å². The first-order valence-corrected chi connectivity index (χ1v) is 5.12. The van der Waals surface area contributed by atoms with Gasteiger partial charge < -0.3 is 5.32 Å². The third-order valence-electron chi connectivity index (χ3n) is 1.18. The van der Waals surface area contributed by atoms with Crippen molar-refractivity contribution in [3.05, 3.63) is 12.7 Å². The highest BCUT2D eigenvalue weighted by Crippen LogP contribution is 2.05. The molecule has 0 aliphatic rings. The SMILES string of the molecule is [2H]OS(=O)(=O)CC(C)(C)NC(=O)C=C. The highest BCUT2D eigenvalue weighted by atomic mass is 32.2. The van der Waals surface area contributed by atoms with E-state index in [1.165, 1.54) is 13.8 Å². The fourth-order valence-corrected chi connectivity index (χ4v) is 1.82. The van der Waals surface area contributed by atoms with Crippen molar-refractivity contribution in [2.75, 3.05) is 5.75 Å². The van der Waals surface area contributed by atoms with Crippen molar-refractivity contribution in [3.8, 4) is 0 Å². The zero-order chi connectivity index (χ0) is 11.4. The van der Waals surface area contributed by atoms with Crippen molar-refractivity contribution in [1.29, 1.82) is 1.43 Å². The van der Waals surface area contributed by atoms with Crippen LogP contribution in [0, 0.1) is 0 Å². The first-order valence-electron chi connectivity index (χ1n) is 3.95. The number of amides is 1. The van der Waals surface area contributed by atoms with Gasteiger partial charge in [0.2, 0.25) is 7.34 Å². The van der Waals surface area contributed by atoms with Crippen LogP contribution in [-0.2, 0) is 14.9 Å². The first kappa shape index (κ1) is 10.2. The molecule has 0 spiro atoms. The molecule has 0 radical (unpaired) electrons. The molecule has 0 heterocycles. The molecule has 1 amide bonds. The molecule has 0 fully saturated rings. The van der Waals surface area contributed by atoms with Crippen LogP contribution in [0.5, 0.6) is 0 Å². The van der Waals surface area contributed by atoms with E-state index in [9.17, 15) is 13.2 Å². The van der Waals surface area contributed by atoms with E-state index in [4.69, 9.17) is 1.43 Å². The molecular formula is C7H13NO4S. The molecule has 2 N–H and O–H groups in total. The van der Waals surface area contributed by atoms with Crippen molar-refractivity contribution in [2.45, 2.75) is 19.4 Å². The molecule has 0 aliphatic heterocycles. The van der Waals surface area contributed by atoms with Gasteiger partial charge >= 0.3 is 0 Å². The van der Waals surface area contributed by atoms with Gasteiger partial charge in [-0.15, -0.1) is 0 Å². The summed E-state index contributed by atoms with van der Waals surface area (Å²) in [6.07, 6.45) is 1.04. The van der Waals surface area contributed by atoms with Crippen LogP contribution < -0.4 is 5.32 Å². The van der Waals surface area contributed by atoms with Crippen molar-refractivity contribution >= 4 is 16.0 Å². The van der Waals surface area contributed by atoms with Crippen LogP contribution in [0.15, 0.2) is 12.7 Å². The molecule has 0 saturated heterocycles. The summed E-state index contributed by atoms with van der Waals surface area (Å²) in [4.78, 5) is 10.9. The standard InChI is InChI=1S/C7H13NO4S/c1-4-6(9)8-7(2,3)5-13(10,11)12/h4H,1,5H2,2-3H3,(H,8,9)(H,10,11,12)/i/hD. The van der Waals surface area contributed by atoms with Crippen LogP contribution in [0.4, 0.5) is 0 Å². The maximum Gasteiger partial charge on any atom is 0.267 e. The molecule has 6 heteroatoms. The van der Waals surface area contributed by atoms with E-state index in [0.717, 1.165) is 6.08 Å². The monoisotopic (exact) mass is 208 g/mol. The average molecular weight is 208 g/mol. The number of hydrogen-bond acceptors (Lipinski definition) is 4. The lowest BCUT2D eigenvalue weighted by Crippen LogP contribution is -2.47. The summed E-state index contributed by atoms with van der Waals surface area (Å²) in [7, 11) is -3.91. The highest BCUT2D eigenvalue weighted by molar-refractivity contribution is 7.85. The van der Waals surface area contributed by atoms with Gasteiger partial charge in [0.1, 0.15) is 0 Å². The number of rotatable bonds is 5. The van der Waals surface area contributed by atoms with Gasteiger partial charge in [0.25, 0.3) is 10.1 Å². The Morgan fingerprint density at radius 2 is 2.31 bits per heavy atom. The zero-order valence-electron chi connectivity index (χ0n) is 8.53.